The summed E-state index contributed by atoms with van der Waals surface area (Å²) in [6.07, 6.45) is 8.27. The monoisotopic (exact) mass is 473 g/mol. The van der Waals surface area contributed by atoms with Gasteiger partial charge in [-0.05, 0) is 54.8 Å². The van der Waals surface area contributed by atoms with E-state index in [4.69, 9.17) is 4.74 Å². The Morgan fingerprint density at radius 3 is 2.22 bits per heavy atom. The molecule has 9 nitrogen and oxygen atoms in total. The lowest BCUT2D eigenvalue weighted by molar-refractivity contribution is 0.0506. The van der Waals surface area contributed by atoms with Crippen LogP contribution in [0.4, 0.5) is 4.79 Å². The van der Waals surface area contributed by atoms with Crippen LogP contribution in [0.25, 0.3) is 0 Å². The molecule has 0 bridgehead atoms. The summed E-state index contributed by atoms with van der Waals surface area (Å²) >= 11 is 1.26. The molecule has 32 heavy (non-hydrogen) atoms. The maximum atomic E-state index is 12.8. The molecule has 11 heteroatoms. The standard InChI is InChI=1S/C21H19N3O6S2/c1-2-30-21(27)24(20(26)17-11-14-31-15-17)22-19(25)16-7-9-18(10-8-16)32(28,29)23-12-5-3-4-6-13-23/h3-15H,2H2,1H3,(H,22,25). The van der Waals surface area contributed by atoms with Gasteiger partial charge in [0.05, 0.1) is 17.1 Å². The van der Waals surface area contributed by atoms with Crippen molar-refractivity contribution in [3.63, 3.8) is 0 Å². The summed E-state index contributed by atoms with van der Waals surface area (Å²) in [6.45, 7) is 1.57. The Bertz CT molecular complexity index is 1170. The van der Waals surface area contributed by atoms with Gasteiger partial charge in [0.25, 0.3) is 21.8 Å². The number of hydrogen-bond donors (Lipinski definition) is 1. The third kappa shape index (κ3) is 5.13. The van der Waals surface area contributed by atoms with Crippen molar-refractivity contribution >= 4 is 39.3 Å². The van der Waals surface area contributed by atoms with Crippen LogP contribution in [0.3, 0.4) is 0 Å². The van der Waals surface area contributed by atoms with E-state index in [1.54, 1.807) is 36.6 Å². The van der Waals surface area contributed by atoms with Gasteiger partial charge in [0.2, 0.25) is 0 Å². The molecule has 1 aliphatic heterocycles. The van der Waals surface area contributed by atoms with Gasteiger partial charge in [-0.15, -0.1) is 5.01 Å². The molecule has 2 heterocycles. The molecule has 0 unspecified atom stereocenters. The Labute approximate surface area is 188 Å². The highest BCUT2D eigenvalue weighted by atomic mass is 32.2. The fourth-order valence-corrected chi connectivity index (χ4v) is 4.37. The minimum absolute atomic E-state index is 0.00356. The highest BCUT2D eigenvalue weighted by molar-refractivity contribution is 7.89. The van der Waals surface area contributed by atoms with E-state index in [-0.39, 0.29) is 22.6 Å². The normalized spacial score (nSPS) is 12.8. The van der Waals surface area contributed by atoms with Crippen molar-refractivity contribution in [2.24, 2.45) is 0 Å². The van der Waals surface area contributed by atoms with Gasteiger partial charge < -0.3 is 4.74 Å². The van der Waals surface area contributed by atoms with Gasteiger partial charge in [-0.3, -0.25) is 15.0 Å². The molecular formula is C21H19N3O6S2. The van der Waals surface area contributed by atoms with E-state index in [1.807, 2.05) is 0 Å². The first-order valence-electron chi connectivity index (χ1n) is 9.34. The topological polar surface area (TPSA) is 113 Å². The number of ether oxygens (including phenoxy) is 1. The number of nitrogens with zero attached hydrogens (tertiary/aromatic N) is 2. The third-order valence-electron chi connectivity index (χ3n) is 4.13. The van der Waals surface area contributed by atoms with Gasteiger partial charge in [-0.25, -0.2) is 17.5 Å². The number of hydrogen-bond acceptors (Lipinski definition) is 7. The van der Waals surface area contributed by atoms with Crippen molar-refractivity contribution in [2.45, 2.75) is 11.8 Å². The summed E-state index contributed by atoms with van der Waals surface area (Å²) in [6, 6.07) is 6.60. The van der Waals surface area contributed by atoms with Gasteiger partial charge in [0.15, 0.2) is 0 Å². The fourth-order valence-electron chi connectivity index (χ4n) is 2.56. The first kappa shape index (κ1) is 23.0. The van der Waals surface area contributed by atoms with Crippen molar-refractivity contribution in [1.29, 1.82) is 0 Å². The SMILES string of the molecule is CCOC(=O)N(NC(=O)c1ccc(S(=O)(=O)N2C=CC=CC=C2)cc1)C(=O)c1ccsc1. The van der Waals surface area contributed by atoms with E-state index < -0.39 is 27.9 Å². The van der Waals surface area contributed by atoms with Crippen molar-refractivity contribution in [3.05, 3.63) is 88.9 Å². The number of rotatable bonds is 5. The summed E-state index contributed by atoms with van der Waals surface area (Å²) in [7, 11) is -3.86. The molecule has 0 saturated heterocycles. The first-order valence-corrected chi connectivity index (χ1v) is 11.7. The first-order chi connectivity index (χ1) is 15.3. The number of imide groups is 1. The molecule has 0 radical (unpaired) electrons. The van der Waals surface area contributed by atoms with E-state index >= 15 is 0 Å². The predicted molar refractivity (Wildman–Crippen MR) is 118 cm³/mol. The molecule has 3 amide bonds. The molecule has 0 fully saturated rings. The second-order valence-corrected chi connectivity index (χ2v) is 8.84. The highest BCUT2D eigenvalue weighted by Crippen LogP contribution is 2.19. The summed E-state index contributed by atoms with van der Waals surface area (Å²) in [4.78, 5) is 37.4. The molecule has 0 saturated carbocycles. The smallest absolute Gasteiger partial charge is 0.436 e. The van der Waals surface area contributed by atoms with Gasteiger partial charge in [0.1, 0.15) is 0 Å². The van der Waals surface area contributed by atoms with Gasteiger partial charge in [0, 0.05) is 23.3 Å². The maximum Gasteiger partial charge on any atom is 0.436 e. The van der Waals surface area contributed by atoms with Crippen LogP contribution in [0.15, 0.2) is 82.7 Å². The quantitative estimate of drug-likeness (QED) is 0.667. The van der Waals surface area contributed by atoms with E-state index in [1.165, 1.54) is 59.4 Å². The lowest BCUT2D eigenvalue weighted by Gasteiger charge is -2.20. The Balaban J connectivity index is 1.79. The molecule has 2 aromatic rings. The minimum atomic E-state index is -3.86. The largest absolute Gasteiger partial charge is 0.448 e. The Hall–Kier alpha value is -3.70. The summed E-state index contributed by atoms with van der Waals surface area (Å²) < 4.78 is 31.4. The number of sulfonamides is 1. The van der Waals surface area contributed by atoms with E-state index in [0.717, 1.165) is 4.31 Å². The summed E-state index contributed by atoms with van der Waals surface area (Å²) in [5, 5.41) is 3.67. The van der Waals surface area contributed by atoms with Crippen LogP contribution in [0.1, 0.15) is 27.6 Å². The zero-order valence-corrected chi connectivity index (χ0v) is 18.5. The summed E-state index contributed by atoms with van der Waals surface area (Å²) in [5.74, 6) is -1.55. The van der Waals surface area contributed by atoms with Gasteiger partial charge in [-0.1, -0.05) is 12.2 Å². The number of carbonyl (C=O) groups is 3. The minimum Gasteiger partial charge on any atom is -0.448 e. The van der Waals surface area contributed by atoms with Crippen LogP contribution in [-0.2, 0) is 14.8 Å². The van der Waals surface area contributed by atoms with Gasteiger partial charge >= 0.3 is 6.09 Å². The zero-order chi connectivity index (χ0) is 23.1. The molecule has 1 aliphatic rings. The molecule has 0 spiro atoms. The van der Waals surface area contributed by atoms with Crippen LogP contribution in [0.2, 0.25) is 0 Å². The van der Waals surface area contributed by atoms with Crippen LogP contribution in [0.5, 0.6) is 0 Å². The van der Waals surface area contributed by atoms with E-state index in [0.29, 0.717) is 5.01 Å². The van der Waals surface area contributed by atoms with E-state index in [9.17, 15) is 22.8 Å². The molecule has 1 aromatic heterocycles. The Kier molecular flexibility index (Phi) is 7.23. The molecule has 0 atom stereocenters. The number of amides is 3. The van der Waals surface area contributed by atoms with Crippen molar-refractivity contribution in [3.8, 4) is 0 Å². The molecule has 1 aromatic carbocycles. The van der Waals surface area contributed by atoms with Crippen molar-refractivity contribution in [2.75, 3.05) is 6.61 Å². The number of nitrogens with one attached hydrogen (secondary N) is 1. The number of thiophene rings is 1. The van der Waals surface area contributed by atoms with Crippen LogP contribution < -0.4 is 5.43 Å². The number of hydrazine groups is 1. The lowest BCUT2D eigenvalue weighted by atomic mass is 10.2. The summed E-state index contributed by atoms with van der Waals surface area (Å²) in [5.41, 5.74) is 2.47. The number of carbonyl (C=O) groups excluding carboxylic acids is 3. The second-order valence-electron chi connectivity index (χ2n) is 6.22. The van der Waals surface area contributed by atoms with Gasteiger partial charge in [-0.2, -0.15) is 11.3 Å². The molecule has 3 rings (SSSR count). The van der Waals surface area contributed by atoms with E-state index in [2.05, 4.69) is 5.43 Å². The highest BCUT2D eigenvalue weighted by Gasteiger charge is 2.27. The van der Waals surface area contributed by atoms with Crippen molar-refractivity contribution in [1.82, 2.24) is 14.7 Å². The fraction of sp³-hybridized carbons (Fsp3) is 0.0952. The number of allylic oxidation sites excluding steroid dienone is 4. The van der Waals surface area contributed by atoms with Crippen LogP contribution >= 0.6 is 11.3 Å². The second kappa shape index (κ2) is 10.1. The Morgan fingerprint density at radius 1 is 1.00 bits per heavy atom. The average Bonchev–Trinajstić information content (AvgIpc) is 3.18. The molecule has 1 N–H and O–H groups in total. The van der Waals surface area contributed by atoms with Crippen LogP contribution in [0, 0.1) is 0 Å². The third-order valence-corrected chi connectivity index (χ3v) is 6.48. The molecule has 0 aliphatic carbocycles. The molecule has 166 valence electrons. The van der Waals surface area contributed by atoms with Crippen molar-refractivity contribution < 1.29 is 27.5 Å². The average molecular weight is 474 g/mol. The zero-order valence-electron chi connectivity index (χ0n) is 16.9. The van der Waals surface area contributed by atoms with Crippen LogP contribution in [-0.4, -0.2) is 42.2 Å². The number of benzene rings is 1. The maximum absolute atomic E-state index is 12.8. The molecular weight excluding hydrogens is 454 g/mol. The Morgan fingerprint density at radius 2 is 1.66 bits per heavy atom. The lowest BCUT2D eigenvalue weighted by Crippen LogP contribution is -2.50. The predicted octanol–water partition coefficient (Wildman–Crippen LogP) is 3.28.